The summed E-state index contributed by atoms with van der Waals surface area (Å²) in [7, 11) is -4.09. The maximum atomic E-state index is 11.3. The van der Waals surface area contributed by atoms with Crippen molar-refractivity contribution in [1.82, 2.24) is 24.4 Å². The highest BCUT2D eigenvalue weighted by Crippen LogP contribution is 2.48. The minimum absolute atomic E-state index is 0.182. The van der Waals surface area contributed by atoms with Gasteiger partial charge in [-0.25, -0.2) is 9.97 Å². The van der Waals surface area contributed by atoms with Crippen molar-refractivity contribution < 1.29 is 14.4 Å². The molecule has 0 radical (unpaired) electrons. The molecule has 1 aliphatic rings. The van der Waals surface area contributed by atoms with Crippen molar-refractivity contribution in [3.05, 3.63) is 12.5 Å². The third kappa shape index (κ3) is 2.98. The van der Waals surface area contributed by atoms with E-state index in [1.54, 1.807) is 12.5 Å². The van der Waals surface area contributed by atoms with E-state index >= 15 is 0 Å². The molecule has 2 aromatic heterocycles. The molecule has 22 heavy (non-hydrogen) atoms. The van der Waals surface area contributed by atoms with Gasteiger partial charge in [0.1, 0.15) is 11.8 Å². The van der Waals surface area contributed by atoms with Gasteiger partial charge in [0.25, 0.3) is 0 Å². The molecule has 9 nitrogen and oxygen atoms in total. The molecule has 0 aliphatic heterocycles. The van der Waals surface area contributed by atoms with Gasteiger partial charge in [-0.15, -0.1) is 0 Å². The van der Waals surface area contributed by atoms with Crippen LogP contribution in [0.1, 0.15) is 19.8 Å². The van der Waals surface area contributed by atoms with Crippen LogP contribution in [-0.2, 0) is 11.1 Å². The summed E-state index contributed by atoms with van der Waals surface area (Å²) in [6, 6.07) is 0. The van der Waals surface area contributed by atoms with Crippen LogP contribution in [-0.4, -0.2) is 52.6 Å². The first-order valence-electron chi connectivity index (χ1n) is 7.06. The van der Waals surface area contributed by atoms with E-state index in [1.807, 2.05) is 16.4 Å². The Balaban J connectivity index is 1.87. The van der Waals surface area contributed by atoms with Crippen LogP contribution in [0.5, 0.6) is 0 Å². The molecule has 0 spiro atoms. The Hall–Kier alpha value is -1.54. The number of aromatic nitrogens is 4. The molecule has 10 heteroatoms. The molecule has 0 saturated heterocycles. The average Bonchev–Trinajstić information content (AvgIpc) is 3.12. The molecule has 3 rings (SSSR count). The molecule has 1 aliphatic carbocycles. The molecular weight excluding hydrogens is 307 g/mol. The number of hydrogen-bond acceptors (Lipinski definition) is 6. The lowest BCUT2D eigenvalue weighted by Crippen LogP contribution is -2.41. The normalized spacial score (nSPS) is 17.3. The molecule has 2 aromatic rings. The SMILES string of the molecule is CCN(CP(=O)(O)O)C1(Cn2cnc3cnc(N)nc32)CC1. The summed E-state index contributed by atoms with van der Waals surface area (Å²) in [5.41, 5.74) is 6.68. The van der Waals surface area contributed by atoms with E-state index in [0.717, 1.165) is 12.8 Å². The Bertz CT molecular complexity index is 738. The number of nitrogens with zero attached hydrogens (tertiary/aromatic N) is 5. The van der Waals surface area contributed by atoms with Crippen LogP contribution in [0.25, 0.3) is 11.2 Å². The molecular formula is C12H19N6O3P. The first-order chi connectivity index (χ1) is 10.3. The van der Waals surface area contributed by atoms with Gasteiger partial charge in [-0.2, -0.15) is 4.98 Å². The topological polar surface area (TPSA) is 130 Å². The van der Waals surface area contributed by atoms with Gasteiger partial charge in [-0.05, 0) is 19.4 Å². The number of nitrogen functional groups attached to an aromatic ring is 1. The second-order valence-corrected chi connectivity index (χ2v) is 7.31. The fourth-order valence-electron chi connectivity index (χ4n) is 2.83. The van der Waals surface area contributed by atoms with Gasteiger partial charge in [0.15, 0.2) is 5.65 Å². The zero-order valence-electron chi connectivity index (χ0n) is 12.3. The highest BCUT2D eigenvalue weighted by Gasteiger charge is 2.49. The van der Waals surface area contributed by atoms with Crippen LogP contribution in [0.4, 0.5) is 5.95 Å². The minimum atomic E-state index is -4.09. The molecule has 0 bridgehead atoms. The first-order valence-corrected chi connectivity index (χ1v) is 8.86. The lowest BCUT2D eigenvalue weighted by atomic mass is 10.2. The van der Waals surface area contributed by atoms with Crippen LogP contribution in [0, 0.1) is 0 Å². The van der Waals surface area contributed by atoms with Crippen molar-refractivity contribution in [1.29, 1.82) is 0 Å². The maximum absolute atomic E-state index is 11.3. The molecule has 4 N–H and O–H groups in total. The van der Waals surface area contributed by atoms with E-state index in [1.165, 1.54) is 0 Å². The average molecular weight is 326 g/mol. The van der Waals surface area contributed by atoms with E-state index in [4.69, 9.17) is 5.73 Å². The second kappa shape index (κ2) is 5.27. The lowest BCUT2D eigenvalue weighted by Gasteiger charge is -2.31. The van der Waals surface area contributed by atoms with Gasteiger partial charge < -0.3 is 20.1 Å². The summed E-state index contributed by atoms with van der Waals surface area (Å²) in [5.74, 6) is 0.182. The van der Waals surface area contributed by atoms with Crippen molar-refractivity contribution in [3.8, 4) is 0 Å². The third-order valence-electron chi connectivity index (χ3n) is 4.08. The van der Waals surface area contributed by atoms with Crippen LogP contribution < -0.4 is 5.73 Å². The Morgan fingerprint density at radius 2 is 2.18 bits per heavy atom. The summed E-state index contributed by atoms with van der Waals surface area (Å²) >= 11 is 0. The van der Waals surface area contributed by atoms with Crippen molar-refractivity contribution in [2.45, 2.75) is 31.8 Å². The summed E-state index contributed by atoms with van der Waals surface area (Å²) in [6.07, 6.45) is 4.79. The zero-order valence-corrected chi connectivity index (χ0v) is 13.1. The van der Waals surface area contributed by atoms with Crippen LogP contribution in [0.2, 0.25) is 0 Å². The monoisotopic (exact) mass is 326 g/mol. The Morgan fingerprint density at radius 1 is 1.45 bits per heavy atom. The van der Waals surface area contributed by atoms with E-state index in [-0.39, 0.29) is 17.8 Å². The van der Waals surface area contributed by atoms with Crippen LogP contribution in [0.3, 0.4) is 0 Å². The van der Waals surface area contributed by atoms with Gasteiger partial charge in [-0.3, -0.25) is 9.46 Å². The highest BCUT2D eigenvalue weighted by atomic mass is 31.2. The first kappa shape index (κ1) is 15.4. The number of likely N-dealkylation sites (N-methyl/N-ethyl adjacent to an activating group) is 1. The van der Waals surface area contributed by atoms with Crippen LogP contribution >= 0.6 is 7.60 Å². The van der Waals surface area contributed by atoms with Gasteiger partial charge >= 0.3 is 7.60 Å². The fourth-order valence-corrected chi connectivity index (χ4v) is 3.77. The van der Waals surface area contributed by atoms with Crippen LogP contribution in [0.15, 0.2) is 12.5 Å². The third-order valence-corrected chi connectivity index (χ3v) is 4.79. The van der Waals surface area contributed by atoms with E-state index in [0.29, 0.717) is 24.3 Å². The lowest BCUT2D eigenvalue weighted by molar-refractivity contribution is 0.181. The predicted molar refractivity (Wildman–Crippen MR) is 81.0 cm³/mol. The van der Waals surface area contributed by atoms with Crippen molar-refractivity contribution in [3.63, 3.8) is 0 Å². The number of anilines is 1. The van der Waals surface area contributed by atoms with E-state index < -0.39 is 7.60 Å². The van der Waals surface area contributed by atoms with Gasteiger partial charge in [0.2, 0.25) is 5.95 Å². The summed E-state index contributed by atoms with van der Waals surface area (Å²) in [6.45, 7) is 3.06. The number of hydrogen-bond donors (Lipinski definition) is 3. The van der Waals surface area contributed by atoms with Crippen molar-refractivity contribution >= 4 is 24.7 Å². The highest BCUT2D eigenvalue weighted by molar-refractivity contribution is 7.51. The van der Waals surface area contributed by atoms with Crippen molar-refractivity contribution in [2.24, 2.45) is 0 Å². The number of fused-ring (bicyclic) bond motifs is 1. The number of imidazole rings is 1. The molecule has 0 amide bonds. The minimum Gasteiger partial charge on any atom is -0.368 e. The number of rotatable bonds is 6. The van der Waals surface area contributed by atoms with E-state index in [9.17, 15) is 14.4 Å². The summed E-state index contributed by atoms with van der Waals surface area (Å²) in [4.78, 5) is 32.7. The Labute approximate surface area is 127 Å². The maximum Gasteiger partial charge on any atom is 0.339 e. The fraction of sp³-hybridized carbons (Fsp3) is 0.583. The molecule has 1 fully saturated rings. The molecule has 0 unspecified atom stereocenters. The molecule has 2 heterocycles. The van der Waals surface area contributed by atoms with Gasteiger partial charge in [-0.1, -0.05) is 6.92 Å². The van der Waals surface area contributed by atoms with Gasteiger partial charge in [0.05, 0.1) is 12.5 Å². The Kier molecular flexibility index (Phi) is 3.68. The van der Waals surface area contributed by atoms with E-state index in [2.05, 4.69) is 15.0 Å². The van der Waals surface area contributed by atoms with Gasteiger partial charge in [0, 0.05) is 12.1 Å². The second-order valence-electron chi connectivity index (χ2n) is 5.70. The summed E-state index contributed by atoms with van der Waals surface area (Å²) < 4.78 is 13.2. The molecule has 120 valence electrons. The standard InChI is InChI=1S/C12H19N6O3P/c1-2-18(8-22(19,20)21)12(3-4-12)6-17-7-15-9-5-14-11(13)16-10(9)17/h5,7H,2-4,6,8H2,1H3,(H2,13,14,16)(H2,19,20,21). The molecule has 0 atom stereocenters. The van der Waals surface area contributed by atoms with Crippen molar-refractivity contribution in [2.75, 3.05) is 18.6 Å². The molecule has 0 aromatic carbocycles. The number of nitrogens with two attached hydrogens (primary N) is 1. The smallest absolute Gasteiger partial charge is 0.339 e. The molecule has 1 saturated carbocycles. The Morgan fingerprint density at radius 3 is 2.77 bits per heavy atom. The quantitative estimate of drug-likeness (QED) is 0.650. The predicted octanol–water partition coefficient (Wildman–Crippen LogP) is 0.398. The summed E-state index contributed by atoms with van der Waals surface area (Å²) in [5, 5.41) is 0. The largest absolute Gasteiger partial charge is 0.368 e. The zero-order chi connectivity index (χ0) is 16.0.